The van der Waals surface area contributed by atoms with Crippen molar-refractivity contribution in [1.82, 2.24) is 10.3 Å². The first-order valence-electron chi connectivity index (χ1n) is 7.31. The Bertz CT molecular complexity index is 749. The Hall–Kier alpha value is -2.79. The highest BCUT2D eigenvalue weighted by Crippen LogP contribution is 2.09. The van der Waals surface area contributed by atoms with E-state index in [0.29, 0.717) is 18.7 Å². The summed E-state index contributed by atoms with van der Waals surface area (Å²) in [4.78, 5) is 13.5. The van der Waals surface area contributed by atoms with E-state index in [4.69, 9.17) is 4.42 Å². The molecule has 0 atom stereocenters. The second kappa shape index (κ2) is 8.60. The topological polar surface area (TPSA) is 78.3 Å². The van der Waals surface area contributed by atoms with E-state index in [0.717, 1.165) is 5.76 Å². The Morgan fingerprint density at radius 3 is 2.48 bits per heavy atom. The highest BCUT2D eigenvalue weighted by molar-refractivity contribution is 5.28. The van der Waals surface area contributed by atoms with Crippen molar-refractivity contribution < 1.29 is 9.52 Å². The average Bonchev–Trinajstić information content (AvgIpc) is 3.06. The van der Waals surface area contributed by atoms with E-state index < -0.39 is 5.56 Å². The maximum absolute atomic E-state index is 11.1. The minimum absolute atomic E-state index is 0.241. The van der Waals surface area contributed by atoms with Crippen LogP contribution in [0.3, 0.4) is 0 Å². The predicted octanol–water partition coefficient (Wildman–Crippen LogP) is 2.96. The van der Waals surface area contributed by atoms with Crippen LogP contribution in [0.4, 0.5) is 0 Å². The van der Waals surface area contributed by atoms with Crippen LogP contribution in [0.2, 0.25) is 0 Å². The Morgan fingerprint density at radius 2 is 1.87 bits per heavy atom. The molecule has 2 heterocycles. The maximum Gasteiger partial charge on any atom is 0.290 e. The lowest BCUT2D eigenvalue weighted by Crippen LogP contribution is -2.15. The lowest BCUT2D eigenvalue weighted by molar-refractivity contribution is 0.449. The second-order valence-electron chi connectivity index (χ2n) is 5.02. The van der Waals surface area contributed by atoms with E-state index in [9.17, 15) is 9.90 Å². The molecule has 0 saturated heterocycles. The summed E-state index contributed by atoms with van der Waals surface area (Å²) in [5.41, 5.74) is 1.41. The quantitative estimate of drug-likeness (QED) is 0.692. The number of benzene rings is 1. The van der Waals surface area contributed by atoms with Crippen LogP contribution in [0.25, 0.3) is 0 Å². The molecular formula is C18H20N2O3. The Balaban J connectivity index is 0.000000229. The number of nitrogens with one attached hydrogen (secondary N) is 2. The third-order valence-corrected chi connectivity index (χ3v) is 3.15. The number of pyridine rings is 1. The van der Waals surface area contributed by atoms with Crippen molar-refractivity contribution in [2.45, 2.75) is 20.0 Å². The van der Waals surface area contributed by atoms with Crippen molar-refractivity contribution in [3.05, 3.63) is 88.2 Å². The first-order valence-corrected chi connectivity index (χ1v) is 7.31. The summed E-state index contributed by atoms with van der Waals surface area (Å²) in [6.45, 7) is 3.05. The Labute approximate surface area is 134 Å². The lowest BCUT2D eigenvalue weighted by Gasteiger charge is -2.04. The van der Waals surface area contributed by atoms with Crippen molar-refractivity contribution >= 4 is 0 Å². The Morgan fingerprint density at radius 1 is 1.09 bits per heavy atom. The van der Waals surface area contributed by atoms with E-state index in [1.165, 1.54) is 11.8 Å². The number of furan rings is 1. The number of H-pyrrole nitrogens is 1. The molecule has 0 fully saturated rings. The molecule has 0 radical (unpaired) electrons. The van der Waals surface area contributed by atoms with E-state index >= 15 is 0 Å². The zero-order valence-electron chi connectivity index (χ0n) is 13.0. The number of hydrogen-bond donors (Lipinski definition) is 3. The van der Waals surface area contributed by atoms with Gasteiger partial charge in [-0.15, -0.1) is 0 Å². The number of rotatable bonds is 4. The van der Waals surface area contributed by atoms with Crippen molar-refractivity contribution in [3.63, 3.8) is 0 Å². The number of hydrogen-bond acceptors (Lipinski definition) is 4. The second-order valence-corrected chi connectivity index (χ2v) is 5.02. The van der Waals surface area contributed by atoms with Crippen LogP contribution in [0.15, 0.2) is 70.2 Å². The van der Waals surface area contributed by atoms with Crippen LogP contribution in [0, 0.1) is 6.92 Å². The molecule has 0 aliphatic carbocycles. The molecular weight excluding hydrogens is 292 g/mol. The minimum atomic E-state index is -0.475. The Kier molecular flexibility index (Phi) is 6.20. The molecule has 0 amide bonds. The fraction of sp³-hybridized carbons (Fsp3) is 0.167. The van der Waals surface area contributed by atoms with Crippen molar-refractivity contribution in [2.24, 2.45) is 0 Å². The zero-order chi connectivity index (χ0) is 16.5. The summed E-state index contributed by atoms with van der Waals surface area (Å²) in [6.07, 6.45) is 3.10. The summed E-state index contributed by atoms with van der Waals surface area (Å²) in [7, 11) is 0. The number of aryl methyl sites for hydroxylation is 1. The van der Waals surface area contributed by atoms with Gasteiger partial charge in [0.15, 0.2) is 5.75 Å². The van der Waals surface area contributed by atoms with Gasteiger partial charge in [-0.05, 0) is 25.1 Å². The summed E-state index contributed by atoms with van der Waals surface area (Å²) < 4.78 is 5.13. The van der Waals surface area contributed by atoms with E-state index in [1.54, 1.807) is 12.3 Å². The van der Waals surface area contributed by atoms with Gasteiger partial charge in [-0.25, -0.2) is 0 Å². The van der Waals surface area contributed by atoms with E-state index in [2.05, 4.69) is 29.4 Å². The van der Waals surface area contributed by atoms with E-state index in [1.807, 2.05) is 30.3 Å². The monoisotopic (exact) mass is 312 g/mol. The molecule has 0 aliphatic rings. The normalized spacial score (nSPS) is 9.96. The van der Waals surface area contributed by atoms with Crippen molar-refractivity contribution in [3.8, 4) is 5.75 Å². The van der Waals surface area contributed by atoms with Gasteiger partial charge in [0.25, 0.3) is 5.56 Å². The highest BCUT2D eigenvalue weighted by Gasteiger charge is 2.04. The molecule has 0 aliphatic heterocycles. The third-order valence-electron chi connectivity index (χ3n) is 3.15. The maximum atomic E-state index is 11.1. The fourth-order valence-electron chi connectivity index (χ4n) is 1.92. The van der Waals surface area contributed by atoms with Crippen LogP contribution in [-0.2, 0) is 13.1 Å². The van der Waals surface area contributed by atoms with Gasteiger partial charge in [0, 0.05) is 18.3 Å². The zero-order valence-corrected chi connectivity index (χ0v) is 13.0. The lowest BCUT2D eigenvalue weighted by atomic mass is 10.2. The van der Waals surface area contributed by atoms with Crippen molar-refractivity contribution in [1.29, 1.82) is 0 Å². The first kappa shape index (κ1) is 16.6. The molecule has 3 N–H and O–H groups in total. The molecule has 3 rings (SSSR count). The molecule has 0 bridgehead atoms. The summed E-state index contributed by atoms with van der Waals surface area (Å²) in [6, 6.07) is 15.6. The van der Waals surface area contributed by atoms with Gasteiger partial charge in [0.1, 0.15) is 5.76 Å². The van der Waals surface area contributed by atoms with Crippen LogP contribution in [-0.4, -0.2) is 10.1 Å². The number of aromatic amines is 1. The smallest absolute Gasteiger partial charge is 0.290 e. The summed E-state index contributed by atoms with van der Waals surface area (Å²) in [5.74, 6) is 0.568. The fourth-order valence-corrected chi connectivity index (χ4v) is 1.92. The largest absolute Gasteiger partial charge is 0.503 e. The molecule has 1 aromatic carbocycles. The number of aromatic hydroxyl groups is 1. The SMILES string of the molecule is Cc1ccccc1.O=c1[nH]ccc(CNCc2ccco2)c1O. The van der Waals surface area contributed by atoms with Gasteiger partial charge in [0.05, 0.1) is 12.8 Å². The van der Waals surface area contributed by atoms with Gasteiger partial charge in [-0.2, -0.15) is 0 Å². The van der Waals surface area contributed by atoms with Crippen LogP contribution < -0.4 is 10.9 Å². The summed E-state index contributed by atoms with van der Waals surface area (Å²) in [5, 5.41) is 12.5. The van der Waals surface area contributed by atoms with Crippen LogP contribution >= 0.6 is 0 Å². The molecule has 2 aromatic heterocycles. The predicted molar refractivity (Wildman–Crippen MR) is 89.2 cm³/mol. The molecule has 0 spiro atoms. The van der Waals surface area contributed by atoms with E-state index in [-0.39, 0.29) is 5.75 Å². The number of aromatic nitrogens is 1. The first-order chi connectivity index (χ1) is 11.2. The van der Waals surface area contributed by atoms with Crippen LogP contribution in [0.1, 0.15) is 16.9 Å². The molecule has 0 unspecified atom stereocenters. The van der Waals surface area contributed by atoms with Gasteiger partial charge in [-0.1, -0.05) is 35.9 Å². The molecule has 3 aromatic rings. The average molecular weight is 312 g/mol. The molecule has 23 heavy (non-hydrogen) atoms. The molecule has 120 valence electrons. The minimum Gasteiger partial charge on any atom is -0.503 e. The van der Waals surface area contributed by atoms with Gasteiger partial charge < -0.3 is 19.8 Å². The molecule has 5 heteroatoms. The van der Waals surface area contributed by atoms with Gasteiger partial charge >= 0.3 is 0 Å². The highest BCUT2D eigenvalue weighted by atomic mass is 16.3. The third kappa shape index (κ3) is 5.48. The molecule has 0 saturated carbocycles. The standard InChI is InChI=1S/C11H12N2O3.C7H8/c14-10-8(3-4-13-11(10)15)6-12-7-9-2-1-5-16-9;1-7-5-3-2-4-6-7/h1-5,12,14H,6-7H2,(H,13,15);2-6H,1H3. The van der Waals surface area contributed by atoms with Gasteiger partial charge in [0.2, 0.25) is 0 Å². The van der Waals surface area contributed by atoms with Gasteiger partial charge in [-0.3, -0.25) is 4.79 Å². The van der Waals surface area contributed by atoms with Crippen molar-refractivity contribution in [2.75, 3.05) is 0 Å². The molecule has 5 nitrogen and oxygen atoms in total. The summed E-state index contributed by atoms with van der Waals surface area (Å²) >= 11 is 0. The van der Waals surface area contributed by atoms with Crippen LogP contribution in [0.5, 0.6) is 5.75 Å².